The lowest BCUT2D eigenvalue weighted by atomic mass is 10.0. The molecule has 0 aliphatic rings. The summed E-state index contributed by atoms with van der Waals surface area (Å²) in [5.41, 5.74) is -3.67. The highest BCUT2D eigenvalue weighted by atomic mass is 35.5. The van der Waals surface area contributed by atoms with Crippen molar-refractivity contribution in [3.8, 4) is 0 Å². The van der Waals surface area contributed by atoms with Crippen LogP contribution in [0, 0.1) is 0 Å². The molecule has 0 aromatic heterocycles. The van der Waals surface area contributed by atoms with Gasteiger partial charge >= 0.3 is 12.4 Å². The maximum absolute atomic E-state index is 12.7. The van der Waals surface area contributed by atoms with Crippen LogP contribution in [0.1, 0.15) is 21.5 Å². The van der Waals surface area contributed by atoms with Crippen molar-refractivity contribution in [1.82, 2.24) is 10.2 Å². The fraction of sp³-hybridized carbons (Fsp3) is 0.462. The van der Waals surface area contributed by atoms with Gasteiger partial charge in [0.25, 0.3) is 5.91 Å². The summed E-state index contributed by atoms with van der Waals surface area (Å²) in [6.07, 6.45) is -9.94. The maximum atomic E-state index is 12.7. The van der Waals surface area contributed by atoms with E-state index in [2.05, 4.69) is 5.32 Å². The second-order valence-corrected chi connectivity index (χ2v) is 4.62. The quantitative estimate of drug-likeness (QED) is 0.830. The lowest BCUT2D eigenvalue weighted by Crippen LogP contribution is -2.33. The zero-order valence-corrected chi connectivity index (χ0v) is 13.0. The Morgan fingerprint density at radius 3 is 1.83 bits per heavy atom. The van der Waals surface area contributed by atoms with E-state index < -0.39 is 35.0 Å². The molecule has 0 aliphatic heterocycles. The van der Waals surface area contributed by atoms with Gasteiger partial charge in [0.2, 0.25) is 0 Å². The first-order valence-electron chi connectivity index (χ1n) is 6.16. The second-order valence-electron chi connectivity index (χ2n) is 4.62. The molecule has 1 aromatic rings. The number of benzene rings is 1. The van der Waals surface area contributed by atoms with E-state index in [9.17, 15) is 31.1 Å². The summed E-state index contributed by atoms with van der Waals surface area (Å²) in [5.74, 6) is -0.910. The summed E-state index contributed by atoms with van der Waals surface area (Å²) in [5, 5.41) is 2.72. The van der Waals surface area contributed by atoms with E-state index in [1.807, 2.05) is 0 Å². The fourth-order valence-electron chi connectivity index (χ4n) is 1.68. The molecule has 0 fully saturated rings. The van der Waals surface area contributed by atoms with Crippen molar-refractivity contribution >= 4 is 18.3 Å². The number of nitrogens with one attached hydrogen (secondary N) is 1. The van der Waals surface area contributed by atoms with Crippen LogP contribution in [0.15, 0.2) is 18.2 Å². The summed E-state index contributed by atoms with van der Waals surface area (Å²) in [7, 11) is 2.90. The summed E-state index contributed by atoms with van der Waals surface area (Å²) in [6.45, 7) is 0.500. The zero-order valence-electron chi connectivity index (χ0n) is 12.2. The van der Waals surface area contributed by atoms with Crippen molar-refractivity contribution in [3.63, 3.8) is 0 Å². The molecule has 1 N–H and O–H groups in total. The number of rotatable bonds is 4. The molecule has 1 amide bonds. The number of hydrogen-bond donors (Lipinski definition) is 1. The van der Waals surface area contributed by atoms with Crippen molar-refractivity contribution < 1.29 is 31.1 Å². The highest BCUT2D eigenvalue weighted by Crippen LogP contribution is 2.36. The average molecular weight is 365 g/mol. The van der Waals surface area contributed by atoms with Gasteiger partial charge in [0.05, 0.1) is 11.1 Å². The molecular formula is C13H15ClF6N2O. The number of nitrogens with zero attached hydrogens (tertiary/aromatic N) is 1. The van der Waals surface area contributed by atoms with Gasteiger partial charge in [0, 0.05) is 25.7 Å². The first-order chi connectivity index (χ1) is 9.96. The molecule has 0 saturated heterocycles. The first kappa shape index (κ1) is 21.5. The normalized spacial score (nSPS) is 11.8. The maximum Gasteiger partial charge on any atom is 0.416 e. The molecule has 0 radical (unpaired) electrons. The lowest BCUT2D eigenvalue weighted by molar-refractivity contribution is -0.143. The van der Waals surface area contributed by atoms with Gasteiger partial charge < -0.3 is 10.2 Å². The Kier molecular flexibility index (Phi) is 7.36. The number of hydrogen-bond acceptors (Lipinski definition) is 2. The Labute approximate surface area is 135 Å². The average Bonchev–Trinajstić information content (AvgIpc) is 2.41. The van der Waals surface area contributed by atoms with Crippen LogP contribution in [0.5, 0.6) is 0 Å². The Morgan fingerprint density at radius 2 is 1.48 bits per heavy atom. The molecule has 0 atom stereocenters. The van der Waals surface area contributed by atoms with Gasteiger partial charge in [-0.1, -0.05) is 0 Å². The highest BCUT2D eigenvalue weighted by molar-refractivity contribution is 5.94. The predicted molar refractivity (Wildman–Crippen MR) is 74.6 cm³/mol. The minimum absolute atomic E-state index is 0. The van der Waals surface area contributed by atoms with E-state index in [1.54, 1.807) is 7.05 Å². The van der Waals surface area contributed by atoms with Crippen LogP contribution >= 0.6 is 12.4 Å². The molecular weight excluding hydrogens is 350 g/mol. The van der Waals surface area contributed by atoms with Crippen LogP contribution in [0.2, 0.25) is 0 Å². The van der Waals surface area contributed by atoms with Crippen molar-refractivity contribution in [2.24, 2.45) is 0 Å². The molecule has 1 rings (SSSR count). The van der Waals surface area contributed by atoms with Crippen molar-refractivity contribution in [2.45, 2.75) is 12.4 Å². The molecule has 0 spiro atoms. The monoisotopic (exact) mass is 364 g/mol. The number of alkyl halides is 6. The van der Waals surface area contributed by atoms with Gasteiger partial charge in [-0.3, -0.25) is 4.79 Å². The largest absolute Gasteiger partial charge is 0.416 e. The minimum atomic E-state index is -4.97. The number of carbonyl (C=O) groups excluding carboxylic acids is 1. The fourth-order valence-corrected chi connectivity index (χ4v) is 1.68. The standard InChI is InChI=1S/C13H14F6N2O.ClH/c1-20-3-4-21(2)11(22)8-5-9(12(14,15)16)7-10(6-8)13(17,18)19;/h5-7,20H,3-4H2,1-2H3;1H. The van der Waals surface area contributed by atoms with Crippen LogP contribution in [0.4, 0.5) is 26.3 Å². The van der Waals surface area contributed by atoms with Crippen molar-refractivity contribution in [3.05, 3.63) is 34.9 Å². The number of halogens is 7. The van der Waals surface area contributed by atoms with Gasteiger partial charge in [-0.25, -0.2) is 0 Å². The lowest BCUT2D eigenvalue weighted by Gasteiger charge is -2.19. The zero-order chi connectivity index (χ0) is 17.1. The molecule has 0 bridgehead atoms. The Hall–Kier alpha value is -1.48. The Balaban J connectivity index is 0.00000484. The van der Waals surface area contributed by atoms with Gasteiger partial charge in [-0.15, -0.1) is 12.4 Å². The SMILES string of the molecule is CNCCN(C)C(=O)c1cc(C(F)(F)F)cc(C(F)(F)F)c1.Cl. The third kappa shape index (κ3) is 5.91. The molecule has 23 heavy (non-hydrogen) atoms. The summed E-state index contributed by atoms with van der Waals surface area (Å²) < 4.78 is 76.2. The first-order valence-corrected chi connectivity index (χ1v) is 6.16. The smallest absolute Gasteiger partial charge is 0.340 e. The van der Waals surface area contributed by atoms with Crippen LogP contribution in [0.3, 0.4) is 0 Å². The van der Waals surface area contributed by atoms with Crippen molar-refractivity contribution in [2.75, 3.05) is 27.2 Å². The van der Waals surface area contributed by atoms with E-state index in [1.165, 1.54) is 7.05 Å². The predicted octanol–water partition coefficient (Wildman–Crippen LogP) is 3.44. The second kappa shape index (κ2) is 7.87. The number of likely N-dealkylation sites (N-methyl/N-ethyl adjacent to an activating group) is 2. The molecule has 3 nitrogen and oxygen atoms in total. The van der Waals surface area contributed by atoms with Gasteiger partial charge in [0.1, 0.15) is 0 Å². The molecule has 1 aromatic carbocycles. The van der Waals surface area contributed by atoms with E-state index in [-0.39, 0.29) is 25.0 Å². The molecule has 0 unspecified atom stereocenters. The van der Waals surface area contributed by atoms with Gasteiger partial charge in [-0.2, -0.15) is 26.3 Å². The summed E-state index contributed by atoms with van der Waals surface area (Å²) in [4.78, 5) is 13.0. The molecule has 0 heterocycles. The van der Waals surface area contributed by atoms with E-state index in [0.29, 0.717) is 18.7 Å². The highest BCUT2D eigenvalue weighted by Gasteiger charge is 2.37. The van der Waals surface area contributed by atoms with Crippen LogP contribution in [0.25, 0.3) is 0 Å². The molecule has 0 aliphatic carbocycles. The molecule has 0 saturated carbocycles. The van der Waals surface area contributed by atoms with Crippen LogP contribution in [-0.2, 0) is 12.4 Å². The minimum Gasteiger partial charge on any atom is -0.340 e. The third-order valence-corrected chi connectivity index (χ3v) is 2.88. The van der Waals surface area contributed by atoms with E-state index in [0.717, 1.165) is 4.90 Å². The molecule has 132 valence electrons. The third-order valence-electron chi connectivity index (χ3n) is 2.88. The van der Waals surface area contributed by atoms with Gasteiger partial charge in [0.15, 0.2) is 0 Å². The Morgan fingerprint density at radius 1 is 1.04 bits per heavy atom. The number of carbonyl (C=O) groups is 1. The molecule has 10 heteroatoms. The summed E-state index contributed by atoms with van der Waals surface area (Å²) in [6, 6.07) is 0.839. The van der Waals surface area contributed by atoms with Crippen molar-refractivity contribution in [1.29, 1.82) is 0 Å². The van der Waals surface area contributed by atoms with Crippen LogP contribution in [-0.4, -0.2) is 38.0 Å². The Bertz CT molecular complexity index is 512. The number of amides is 1. The van der Waals surface area contributed by atoms with E-state index in [4.69, 9.17) is 0 Å². The summed E-state index contributed by atoms with van der Waals surface area (Å²) >= 11 is 0. The van der Waals surface area contributed by atoms with Crippen LogP contribution < -0.4 is 5.32 Å². The van der Waals surface area contributed by atoms with E-state index >= 15 is 0 Å². The topological polar surface area (TPSA) is 32.3 Å². The van der Waals surface area contributed by atoms with Gasteiger partial charge in [-0.05, 0) is 25.2 Å².